The molecule has 1 N–H and O–H groups in total. The first-order chi connectivity index (χ1) is 13.4. The van der Waals surface area contributed by atoms with Crippen LogP contribution in [0.5, 0.6) is 0 Å². The third-order valence-electron chi connectivity index (χ3n) is 6.19. The van der Waals surface area contributed by atoms with Gasteiger partial charge in [0.25, 0.3) is 0 Å². The van der Waals surface area contributed by atoms with Crippen molar-refractivity contribution in [3.05, 3.63) is 35.9 Å². The van der Waals surface area contributed by atoms with Gasteiger partial charge >= 0.3 is 0 Å². The molecule has 0 aromatic heterocycles. The highest BCUT2D eigenvalue weighted by Crippen LogP contribution is 2.36. The maximum absolute atomic E-state index is 13.4. The Morgan fingerprint density at radius 3 is 2.32 bits per heavy atom. The van der Waals surface area contributed by atoms with Gasteiger partial charge < -0.3 is 5.32 Å². The summed E-state index contributed by atoms with van der Waals surface area (Å²) in [6.45, 7) is 7.52. The van der Waals surface area contributed by atoms with E-state index < -0.39 is 15.4 Å². The van der Waals surface area contributed by atoms with Crippen LogP contribution in [-0.4, -0.2) is 44.0 Å². The van der Waals surface area contributed by atoms with Crippen molar-refractivity contribution < 1.29 is 13.2 Å². The molecule has 6 heteroatoms. The Bertz CT molecular complexity index is 711. The maximum Gasteiger partial charge on any atom is 0.230 e. The fourth-order valence-corrected chi connectivity index (χ4v) is 5.19. The molecule has 1 fully saturated rings. The van der Waals surface area contributed by atoms with Gasteiger partial charge in [-0.3, -0.25) is 4.79 Å². The SMILES string of the molecule is CCCCC(CC)CNC(=O)C1(c2ccccc2)CCN(S(=O)(=O)CC)CC1. The smallest absolute Gasteiger partial charge is 0.230 e. The molecule has 1 aliphatic heterocycles. The van der Waals surface area contributed by atoms with Crippen molar-refractivity contribution >= 4 is 15.9 Å². The van der Waals surface area contributed by atoms with E-state index in [0.717, 1.165) is 18.4 Å². The van der Waals surface area contributed by atoms with Gasteiger partial charge in [-0.2, -0.15) is 0 Å². The minimum atomic E-state index is -3.22. The molecule has 1 aliphatic rings. The first-order valence-electron chi connectivity index (χ1n) is 10.7. The minimum Gasteiger partial charge on any atom is -0.355 e. The van der Waals surface area contributed by atoms with Gasteiger partial charge in [-0.05, 0) is 37.7 Å². The summed E-state index contributed by atoms with van der Waals surface area (Å²) in [4.78, 5) is 13.4. The lowest BCUT2D eigenvalue weighted by Gasteiger charge is -2.40. The summed E-state index contributed by atoms with van der Waals surface area (Å²) in [5.41, 5.74) is 0.340. The number of nitrogens with one attached hydrogen (secondary N) is 1. The first kappa shape index (κ1) is 22.9. The lowest BCUT2D eigenvalue weighted by Crippen LogP contribution is -2.53. The van der Waals surface area contributed by atoms with Crippen LogP contribution in [0.25, 0.3) is 0 Å². The average Bonchev–Trinajstić information content (AvgIpc) is 2.74. The summed E-state index contributed by atoms with van der Waals surface area (Å²) >= 11 is 0. The number of nitrogens with zero attached hydrogens (tertiary/aromatic N) is 1. The Morgan fingerprint density at radius 2 is 1.79 bits per heavy atom. The molecule has 0 radical (unpaired) electrons. The number of piperidine rings is 1. The lowest BCUT2D eigenvalue weighted by molar-refractivity contribution is -0.128. The van der Waals surface area contributed by atoms with Crippen molar-refractivity contribution in [2.45, 2.75) is 64.7 Å². The molecule has 1 aromatic rings. The average molecular weight is 409 g/mol. The molecular weight excluding hydrogens is 372 g/mol. The minimum absolute atomic E-state index is 0.0437. The van der Waals surface area contributed by atoms with Crippen molar-refractivity contribution in [1.82, 2.24) is 9.62 Å². The van der Waals surface area contributed by atoms with Gasteiger partial charge in [0.15, 0.2) is 0 Å². The number of rotatable bonds is 10. The van der Waals surface area contributed by atoms with Crippen LogP contribution in [0.4, 0.5) is 0 Å². The van der Waals surface area contributed by atoms with Crippen LogP contribution in [0.1, 0.15) is 64.9 Å². The number of carbonyl (C=O) groups is 1. The van der Waals surface area contributed by atoms with E-state index in [1.807, 2.05) is 30.3 Å². The van der Waals surface area contributed by atoms with Crippen LogP contribution in [0.2, 0.25) is 0 Å². The van der Waals surface area contributed by atoms with Crippen molar-refractivity contribution in [3.8, 4) is 0 Å². The van der Waals surface area contributed by atoms with Gasteiger partial charge in [-0.25, -0.2) is 12.7 Å². The van der Waals surface area contributed by atoms with Gasteiger partial charge in [0.1, 0.15) is 0 Å². The van der Waals surface area contributed by atoms with Crippen LogP contribution in [-0.2, 0) is 20.2 Å². The quantitative estimate of drug-likeness (QED) is 0.642. The molecular formula is C22H36N2O3S. The van der Waals surface area contributed by atoms with E-state index in [1.165, 1.54) is 17.1 Å². The van der Waals surface area contributed by atoms with Crippen LogP contribution in [0.15, 0.2) is 30.3 Å². The molecule has 1 unspecified atom stereocenters. The van der Waals surface area contributed by atoms with Gasteiger partial charge in [-0.1, -0.05) is 63.4 Å². The number of hydrogen-bond acceptors (Lipinski definition) is 3. The molecule has 0 aliphatic carbocycles. The van der Waals surface area contributed by atoms with Gasteiger partial charge in [0.05, 0.1) is 11.2 Å². The van der Waals surface area contributed by atoms with E-state index in [0.29, 0.717) is 38.4 Å². The Hall–Kier alpha value is -1.40. The zero-order valence-electron chi connectivity index (χ0n) is 17.6. The van der Waals surface area contributed by atoms with Crippen LogP contribution in [0, 0.1) is 5.92 Å². The molecule has 0 spiro atoms. The second kappa shape index (κ2) is 10.4. The summed E-state index contributed by atoms with van der Waals surface area (Å²) in [5, 5.41) is 3.21. The van der Waals surface area contributed by atoms with Gasteiger partial charge in [0.2, 0.25) is 15.9 Å². The second-order valence-electron chi connectivity index (χ2n) is 7.87. The number of hydrogen-bond donors (Lipinski definition) is 1. The summed E-state index contributed by atoms with van der Waals surface area (Å²) in [7, 11) is -3.22. The summed E-state index contributed by atoms with van der Waals surface area (Å²) in [6.07, 6.45) is 5.58. The number of sulfonamides is 1. The zero-order chi connectivity index (χ0) is 20.6. The number of carbonyl (C=O) groups excluding carboxylic acids is 1. The highest BCUT2D eigenvalue weighted by molar-refractivity contribution is 7.89. The van der Waals surface area contributed by atoms with E-state index in [9.17, 15) is 13.2 Å². The number of amides is 1. The Kier molecular flexibility index (Phi) is 8.50. The van der Waals surface area contributed by atoms with E-state index in [2.05, 4.69) is 19.2 Å². The van der Waals surface area contributed by atoms with Gasteiger partial charge in [-0.15, -0.1) is 0 Å². The predicted octanol–water partition coefficient (Wildman–Crippen LogP) is 3.70. The fourth-order valence-electron chi connectivity index (χ4n) is 4.08. The second-order valence-corrected chi connectivity index (χ2v) is 10.1. The summed E-state index contributed by atoms with van der Waals surface area (Å²) in [6, 6.07) is 9.85. The Labute approximate surface area is 170 Å². The van der Waals surface area contributed by atoms with Crippen molar-refractivity contribution in [2.75, 3.05) is 25.4 Å². The molecule has 2 rings (SSSR count). The first-order valence-corrected chi connectivity index (χ1v) is 12.3. The molecule has 1 atom stereocenters. The summed E-state index contributed by atoms with van der Waals surface area (Å²) in [5.74, 6) is 0.645. The van der Waals surface area contributed by atoms with Crippen molar-refractivity contribution in [2.24, 2.45) is 5.92 Å². The Morgan fingerprint density at radius 1 is 1.14 bits per heavy atom. The van der Waals surface area contributed by atoms with Crippen LogP contribution in [0.3, 0.4) is 0 Å². The van der Waals surface area contributed by atoms with E-state index >= 15 is 0 Å². The number of benzene rings is 1. The van der Waals surface area contributed by atoms with E-state index in [-0.39, 0.29) is 11.7 Å². The molecule has 28 heavy (non-hydrogen) atoms. The lowest BCUT2D eigenvalue weighted by atomic mass is 9.72. The molecule has 5 nitrogen and oxygen atoms in total. The third-order valence-corrected chi connectivity index (χ3v) is 8.07. The highest BCUT2D eigenvalue weighted by atomic mass is 32.2. The predicted molar refractivity (Wildman–Crippen MR) is 115 cm³/mol. The summed E-state index contributed by atoms with van der Waals surface area (Å²) < 4.78 is 26.0. The number of unbranched alkanes of at least 4 members (excludes halogenated alkanes) is 1. The molecule has 1 saturated heterocycles. The van der Waals surface area contributed by atoms with Crippen LogP contribution >= 0.6 is 0 Å². The normalized spacial score (nSPS) is 18.5. The van der Waals surface area contributed by atoms with Crippen molar-refractivity contribution in [3.63, 3.8) is 0 Å². The van der Waals surface area contributed by atoms with Crippen molar-refractivity contribution in [1.29, 1.82) is 0 Å². The largest absolute Gasteiger partial charge is 0.355 e. The molecule has 0 bridgehead atoms. The molecule has 0 saturated carbocycles. The third kappa shape index (κ3) is 5.35. The van der Waals surface area contributed by atoms with E-state index in [1.54, 1.807) is 6.92 Å². The topological polar surface area (TPSA) is 66.5 Å². The molecule has 158 valence electrons. The maximum atomic E-state index is 13.4. The van der Waals surface area contributed by atoms with E-state index in [4.69, 9.17) is 0 Å². The zero-order valence-corrected chi connectivity index (χ0v) is 18.4. The Balaban J connectivity index is 2.16. The van der Waals surface area contributed by atoms with Crippen LogP contribution < -0.4 is 5.32 Å². The molecule has 1 heterocycles. The van der Waals surface area contributed by atoms with Gasteiger partial charge in [0, 0.05) is 19.6 Å². The molecule has 1 aromatic carbocycles. The molecule has 1 amide bonds. The highest BCUT2D eigenvalue weighted by Gasteiger charge is 2.44. The standard InChI is InChI=1S/C22H36N2O3S/c1-4-7-11-19(5-2)18-23-21(25)22(20-12-9-8-10-13-20)14-16-24(17-15-22)28(26,27)6-3/h8-10,12-13,19H,4-7,11,14-18H2,1-3H3,(H,23,25). The monoisotopic (exact) mass is 408 g/mol. The fraction of sp³-hybridized carbons (Fsp3) is 0.682.